The van der Waals surface area contributed by atoms with Crippen LogP contribution in [0.1, 0.15) is 36.5 Å². The second-order valence-electron chi connectivity index (χ2n) is 5.04. The van der Waals surface area contributed by atoms with Crippen molar-refractivity contribution in [3.8, 4) is 0 Å². The van der Waals surface area contributed by atoms with Gasteiger partial charge in [-0.2, -0.15) is 0 Å². The van der Waals surface area contributed by atoms with Crippen molar-refractivity contribution in [2.75, 3.05) is 25.0 Å². The summed E-state index contributed by atoms with van der Waals surface area (Å²) < 4.78 is 33.0. The molecule has 0 saturated carbocycles. The first-order valence-corrected chi connectivity index (χ1v) is 7.24. The van der Waals surface area contributed by atoms with Crippen molar-refractivity contribution >= 4 is 11.6 Å². The van der Waals surface area contributed by atoms with Gasteiger partial charge in [-0.25, -0.2) is 8.78 Å². The van der Waals surface area contributed by atoms with Gasteiger partial charge < -0.3 is 15.4 Å². The Balaban J connectivity index is 1.98. The molecule has 0 bridgehead atoms. The molecule has 1 heterocycles. The van der Waals surface area contributed by atoms with E-state index < -0.39 is 17.5 Å². The van der Waals surface area contributed by atoms with E-state index in [1.54, 1.807) is 6.92 Å². The molecule has 21 heavy (non-hydrogen) atoms. The second-order valence-corrected chi connectivity index (χ2v) is 5.04. The minimum absolute atomic E-state index is 0.0153. The maximum absolute atomic E-state index is 13.7. The molecule has 0 aliphatic carbocycles. The number of carbonyl (C=O) groups is 1. The van der Waals surface area contributed by atoms with E-state index >= 15 is 0 Å². The smallest absolute Gasteiger partial charge is 0.251 e. The van der Waals surface area contributed by atoms with Crippen molar-refractivity contribution in [3.63, 3.8) is 0 Å². The molecule has 1 fully saturated rings. The third-order valence-corrected chi connectivity index (χ3v) is 3.42. The first-order chi connectivity index (χ1) is 10.1. The van der Waals surface area contributed by atoms with Crippen LogP contribution in [0.5, 0.6) is 0 Å². The van der Waals surface area contributed by atoms with Crippen LogP contribution in [0.25, 0.3) is 0 Å². The van der Waals surface area contributed by atoms with Crippen LogP contribution in [0.4, 0.5) is 14.5 Å². The minimum atomic E-state index is -0.768. The predicted octanol–water partition coefficient (Wildman–Crippen LogP) is 2.70. The summed E-state index contributed by atoms with van der Waals surface area (Å²) in [6.45, 7) is 3.19. The number of benzene rings is 1. The van der Waals surface area contributed by atoms with E-state index in [0.717, 1.165) is 31.4 Å². The molecule has 2 rings (SSSR count). The Labute approximate surface area is 122 Å². The van der Waals surface area contributed by atoms with Gasteiger partial charge in [-0.1, -0.05) is 0 Å². The number of carbonyl (C=O) groups excluding carboxylic acids is 1. The summed E-state index contributed by atoms with van der Waals surface area (Å²) in [6.07, 6.45) is 2.98. The molecular formula is C15H20F2N2O2. The van der Waals surface area contributed by atoms with Crippen molar-refractivity contribution in [1.29, 1.82) is 0 Å². The highest BCUT2D eigenvalue weighted by Gasteiger charge is 2.17. The fourth-order valence-corrected chi connectivity index (χ4v) is 2.33. The lowest BCUT2D eigenvalue weighted by atomic mass is 10.1. The topological polar surface area (TPSA) is 50.4 Å². The molecule has 2 N–H and O–H groups in total. The van der Waals surface area contributed by atoms with E-state index in [0.29, 0.717) is 19.7 Å². The number of anilines is 1. The zero-order valence-electron chi connectivity index (χ0n) is 12.0. The maximum atomic E-state index is 13.7. The average molecular weight is 298 g/mol. The van der Waals surface area contributed by atoms with Gasteiger partial charge in [-0.05, 0) is 38.3 Å². The molecule has 0 aromatic heterocycles. The maximum Gasteiger partial charge on any atom is 0.251 e. The Hall–Kier alpha value is -1.69. The number of amides is 1. The van der Waals surface area contributed by atoms with Crippen LogP contribution >= 0.6 is 0 Å². The lowest BCUT2D eigenvalue weighted by Gasteiger charge is -2.22. The van der Waals surface area contributed by atoms with Crippen LogP contribution < -0.4 is 10.6 Å². The van der Waals surface area contributed by atoms with E-state index in [-0.39, 0.29) is 17.4 Å². The third-order valence-electron chi connectivity index (χ3n) is 3.42. The second kappa shape index (κ2) is 7.36. The SMILES string of the molecule is CCNc1c(F)cc(C(=O)NCC2CCCCO2)cc1F. The summed E-state index contributed by atoms with van der Waals surface area (Å²) in [5, 5.41) is 5.25. The number of halogens is 2. The van der Waals surface area contributed by atoms with E-state index in [1.165, 1.54) is 0 Å². The third kappa shape index (κ3) is 4.14. The van der Waals surface area contributed by atoms with Crippen LogP contribution in [0, 0.1) is 11.6 Å². The quantitative estimate of drug-likeness (QED) is 0.879. The van der Waals surface area contributed by atoms with E-state index in [9.17, 15) is 13.6 Å². The summed E-state index contributed by atoms with van der Waals surface area (Å²) in [6, 6.07) is 2.08. The molecule has 1 aromatic carbocycles. The van der Waals surface area contributed by atoms with Gasteiger partial charge in [-0.15, -0.1) is 0 Å². The molecule has 1 atom stereocenters. The zero-order valence-corrected chi connectivity index (χ0v) is 12.0. The Morgan fingerprint density at radius 1 is 1.33 bits per heavy atom. The Kier molecular flexibility index (Phi) is 5.50. The predicted molar refractivity (Wildman–Crippen MR) is 76.4 cm³/mol. The number of hydrogen-bond donors (Lipinski definition) is 2. The van der Waals surface area contributed by atoms with Crippen LogP contribution in [-0.4, -0.2) is 31.7 Å². The van der Waals surface area contributed by atoms with E-state index in [2.05, 4.69) is 10.6 Å². The molecule has 1 aliphatic heterocycles. The largest absolute Gasteiger partial charge is 0.381 e. The molecule has 4 nitrogen and oxygen atoms in total. The first-order valence-electron chi connectivity index (χ1n) is 7.24. The molecule has 1 amide bonds. The van der Waals surface area contributed by atoms with Crippen molar-refractivity contribution in [2.45, 2.75) is 32.3 Å². The highest BCUT2D eigenvalue weighted by molar-refractivity contribution is 5.94. The van der Waals surface area contributed by atoms with Crippen LogP contribution in [0.2, 0.25) is 0 Å². The average Bonchev–Trinajstić information content (AvgIpc) is 2.49. The summed E-state index contributed by atoms with van der Waals surface area (Å²) in [5.41, 5.74) is -0.230. The van der Waals surface area contributed by atoms with Crippen LogP contribution in [0.3, 0.4) is 0 Å². The Morgan fingerprint density at radius 3 is 2.62 bits per heavy atom. The number of nitrogens with one attached hydrogen (secondary N) is 2. The lowest BCUT2D eigenvalue weighted by molar-refractivity contribution is 0.0169. The van der Waals surface area contributed by atoms with Gasteiger partial charge in [0.05, 0.1) is 6.10 Å². The zero-order chi connectivity index (χ0) is 15.2. The lowest BCUT2D eigenvalue weighted by Crippen LogP contribution is -2.35. The molecule has 1 aromatic rings. The van der Waals surface area contributed by atoms with E-state index in [4.69, 9.17) is 4.74 Å². The Morgan fingerprint density at radius 2 is 2.05 bits per heavy atom. The van der Waals surface area contributed by atoms with Gasteiger partial charge >= 0.3 is 0 Å². The molecule has 1 unspecified atom stereocenters. The highest BCUT2D eigenvalue weighted by Crippen LogP contribution is 2.20. The summed E-state index contributed by atoms with van der Waals surface area (Å²) in [5.74, 6) is -2.03. The van der Waals surface area contributed by atoms with Crippen LogP contribution in [-0.2, 0) is 4.74 Å². The summed E-state index contributed by atoms with van der Waals surface area (Å²) in [4.78, 5) is 11.9. The van der Waals surface area contributed by atoms with Gasteiger partial charge in [0.2, 0.25) is 0 Å². The molecule has 116 valence electrons. The Bertz CT molecular complexity index is 479. The number of ether oxygens (including phenoxy) is 1. The molecule has 1 aliphatic rings. The number of rotatable bonds is 5. The van der Waals surface area contributed by atoms with Crippen molar-refractivity contribution < 1.29 is 18.3 Å². The van der Waals surface area contributed by atoms with Crippen molar-refractivity contribution in [3.05, 3.63) is 29.3 Å². The fourth-order valence-electron chi connectivity index (χ4n) is 2.33. The molecule has 0 radical (unpaired) electrons. The fraction of sp³-hybridized carbons (Fsp3) is 0.533. The number of hydrogen-bond acceptors (Lipinski definition) is 3. The van der Waals surface area contributed by atoms with Gasteiger partial charge in [0.15, 0.2) is 0 Å². The standard InChI is InChI=1S/C15H20F2N2O2/c1-2-18-14-12(16)7-10(8-13(14)17)15(20)19-9-11-5-3-4-6-21-11/h7-8,11,18H,2-6,9H2,1H3,(H,19,20). The van der Waals surface area contributed by atoms with Gasteiger partial charge in [0, 0.05) is 25.3 Å². The van der Waals surface area contributed by atoms with Gasteiger partial charge in [0.25, 0.3) is 5.91 Å². The molecule has 6 heteroatoms. The van der Waals surface area contributed by atoms with Gasteiger partial charge in [0.1, 0.15) is 17.3 Å². The molecular weight excluding hydrogens is 278 g/mol. The first kappa shape index (κ1) is 15.7. The van der Waals surface area contributed by atoms with E-state index in [1.807, 2.05) is 0 Å². The molecule has 0 spiro atoms. The summed E-state index contributed by atoms with van der Waals surface area (Å²) in [7, 11) is 0. The van der Waals surface area contributed by atoms with Crippen molar-refractivity contribution in [2.24, 2.45) is 0 Å². The molecule has 1 saturated heterocycles. The van der Waals surface area contributed by atoms with Crippen molar-refractivity contribution in [1.82, 2.24) is 5.32 Å². The van der Waals surface area contributed by atoms with Gasteiger partial charge in [-0.3, -0.25) is 4.79 Å². The van der Waals surface area contributed by atoms with Crippen LogP contribution in [0.15, 0.2) is 12.1 Å². The highest BCUT2D eigenvalue weighted by atomic mass is 19.1. The summed E-state index contributed by atoms with van der Waals surface area (Å²) >= 11 is 0. The normalized spacial score (nSPS) is 18.3. The monoisotopic (exact) mass is 298 g/mol. The minimum Gasteiger partial charge on any atom is -0.381 e.